The molecule has 2 rings (SSSR count). The summed E-state index contributed by atoms with van der Waals surface area (Å²) in [4.78, 5) is 27.5. The fourth-order valence-corrected chi connectivity index (χ4v) is 2.58. The zero-order chi connectivity index (χ0) is 14.0. The summed E-state index contributed by atoms with van der Waals surface area (Å²) in [5.74, 6) is -0.474. The maximum atomic E-state index is 12.0. The van der Waals surface area contributed by atoms with Gasteiger partial charge in [0.25, 0.3) is 5.91 Å². The highest BCUT2D eigenvalue weighted by Gasteiger charge is 2.12. The van der Waals surface area contributed by atoms with Crippen LogP contribution in [0.1, 0.15) is 27.0 Å². The summed E-state index contributed by atoms with van der Waals surface area (Å²) in [7, 11) is 0. The van der Waals surface area contributed by atoms with Crippen LogP contribution in [0.25, 0.3) is 0 Å². The molecule has 2 aromatic rings. The van der Waals surface area contributed by atoms with Crippen molar-refractivity contribution in [2.45, 2.75) is 6.92 Å². The molecule has 7 heteroatoms. The molecule has 0 saturated carbocycles. The smallest absolute Gasteiger partial charge is 0.257 e. The van der Waals surface area contributed by atoms with Crippen molar-refractivity contribution in [3.05, 3.63) is 44.9 Å². The number of anilines is 1. The molecule has 0 radical (unpaired) electrons. The Hall–Kier alpha value is -1.43. The number of halogens is 2. The lowest BCUT2D eigenvalue weighted by atomic mass is 10.2. The molecule has 0 aliphatic rings. The predicted octanol–water partition coefficient (Wildman–Crippen LogP) is 3.90. The Bertz CT molecular complexity index is 635. The van der Waals surface area contributed by atoms with Crippen molar-refractivity contribution in [2.75, 3.05) is 5.32 Å². The summed E-state index contributed by atoms with van der Waals surface area (Å²) >= 11 is 12.8. The van der Waals surface area contributed by atoms with Gasteiger partial charge in [-0.2, -0.15) is 0 Å². The lowest BCUT2D eigenvalue weighted by molar-refractivity contribution is 0.101. The van der Waals surface area contributed by atoms with Crippen molar-refractivity contribution >= 4 is 51.4 Å². The number of hydrogen-bond donors (Lipinski definition) is 1. The van der Waals surface area contributed by atoms with E-state index in [0.29, 0.717) is 25.6 Å². The van der Waals surface area contributed by atoms with Crippen molar-refractivity contribution in [1.29, 1.82) is 0 Å². The van der Waals surface area contributed by atoms with Crippen LogP contribution >= 0.6 is 34.5 Å². The van der Waals surface area contributed by atoms with Crippen LogP contribution in [-0.4, -0.2) is 16.7 Å². The molecule has 0 aliphatic heterocycles. The summed E-state index contributed by atoms with van der Waals surface area (Å²) < 4.78 is 0. The summed E-state index contributed by atoms with van der Waals surface area (Å²) in [6.07, 6.45) is 1.42. The van der Waals surface area contributed by atoms with E-state index in [1.807, 2.05) is 0 Å². The third-order valence-electron chi connectivity index (χ3n) is 2.20. The van der Waals surface area contributed by atoms with Crippen LogP contribution in [0.5, 0.6) is 0 Å². The van der Waals surface area contributed by atoms with Crippen molar-refractivity contribution in [3.63, 3.8) is 0 Å². The number of benzene rings is 1. The van der Waals surface area contributed by atoms with E-state index in [1.54, 1.807) is 0 Å². The van der Waals surface area contributed by atoms with Gasteiger partial charge in [-0.15, -0.1) is 0 Å². The van der Waals surface area contributed by atoms with Gasteiger partial charge in [-0.1, -0.05) is 34.5 Å². The molecule has 98 valence electrons. The second kappa shape index (κ2) is 5.69. The molecule has 0 unspecified atom stereocenters. The number of carbonyl (C=O) groups excluding carboxylic acids is 2. The third kappa shape index (κ3) is 3.53. The molecule has 1 N–H and O–H groups in total. The first-order valence-corrected chi connectivity index (χ1v) is 6.77. The van der Waals surface area contributed by atoms with Gasteiger partial charge in [-0.25, -0.2) is 4.98 Å². The van der Waals surface area contributed by atoms with Gasteiger partial charge in [0.05, 0.1) is 11.1 Å². The van der Waals surface area contributed by atoms with Crippen LogP contribution in [-0.2, 0) is 0 Å². The van der Waals surface area contributed by atoms with E-state index in [2.05, 4.69) is 10.3 Å². The van der Waals surface area contributed by atoms with Gasteiger partial charge in [-0.3, -0.25) is 14.9 Å². The monoisotopic (exact) mass is 314 g/mol. The number of nitrogens with one attached hydrogen (secondary N) is 1. The second-order valence-electron chi connectivity index (χ2n) is 3.70. The summed E-state index contributed by atoms with van der Waals surface area (Å²) in [6.45, 7) is 1.44. The average Bonchev–Trinajstić information content (AvgIpc) is 2.76. The predicted molar refractivity (Wildman–Crippen MR) is 76.5 cm³/mol. The van der Waals surface area contributed by atoms with Gasteiger partial charge in [0.2, 0.25) is 0 Å². The van der Waals surface area contributed by atoms with E-state index in [4.69, 9.17) is 23.2 Å². The Morgan fingerprint density at radius 2 is 1.84 bits per heavy atom. The normalized spacial score (nSPS) is 10.3. The number of Topliss-reactive ketones (excluding diaryl/α,β-unsaturated/α-hetero) is 1. The SMILES string of the molecule is CC(=O)c1cnc(NC(=O)c2cc(Cl)cc(Cl)c2)s1. The molecule has 1 heterocycles. The fraction of sp³-hybridized carbons (Fsp3) is 0.0833. The van der Waals surface area contributed by atoms with E-state index in [-0.39, 0.29) is 11.7 Å². The lowest BCUT2D eigenvalue weighted by Crippen LogP contribution is -2.11. The minimum atomic E-state index is -0.381. The quantitative estimate of drug-likeness (QED) is 0.874. The van der Waals surface area contributed by atoms with Gasteiger partial charge in [0, 0.05) is 22.5 Å². The van der Waals surface area contributed by atoms with Crippen molar-refractivity contribution < 1.29 is 9.59 Å². The van der Waals surface area contributed by atoms with Gasteiger partial charge < -0.3 is 0 Å². The molecule has 0 bridgehead atoms. The van der Waals surface area contributed by atoms with Gasteiger partial charge in [0.1, 0.15) is 0 Å². The molecule has 0 fully saturated rings. The van der Waals surface area contributed by atoms with Crippen LogP contribution < -0.4 is 5.32 Å². The van der Waals surface area contributed by atoms with E-state index >= 15 is 0 Å². The highest BCUT2D eigenvalue weighted by atomic mass is 35.5. The largest absolute Gasteiger partial charge is 0.298 e. The van der Waals surface area contributed by atoms with Crippen molar-refractivity contribution in [2.24, 2.45) is 0 Å². The van der Waals surface area contributed by atoms with Crippen molar-refractivity contribution in [3.8, 4) is 0 Å². The van der Waals surface area contributed by atoms with Crippen LogP contribution in [0.4, 0.5) is 5.13 Å². The minimum Gasteiger partial charge on any atom is -0.298 e. The topological polar surface area (TPSA) is 59.1 Å². The molecular weight excluding hydrogens is 307 g/mol. The number of rotatable bonds is 3. The number of hydrogen-bond acceptors (Lipinski definition) is 4. The number of amides is 1. The number of ketones is 1. The van der Waals surface area contributed by atoms with Gasteiger partial charge >= 0.3 is 0 Å². The molecule has 1 amide bonds. The molecule has 4 nitrogen and oxygen atoms in total. The molecule has 0 saturated heterocycles. The van der Waals surface area contributed by atoms with E-state index in [1.165, 1.54) is 31.3 Å². The zero-order valence-electron chi connectivity index (χ0n) is 9.74. The molecule has 1 aromatic heterocycles. The number of aromatic nitrogens is 1. The fourth-order valence-electron chi connectivity index (χ4n) is 1.35. The Kier molecular flexibility index (Phi) is 4.19. The van der Waals surface area contributed by atoms with Crippen LogP contribution in [0.2, 0.25) is 10.0 Å². The van der Waals surface area contributed by atoms with Crippen LogP contribution in [0, 0.1) is 0 Å². The molecule has 0 spiro atoms. The number of thiazole rings is 1. The second-order valence-corrected chi connectivity index (χ2v) is 5.60. The van der Waals surface area contributed by atoms with Crippen LogP contribution in [0.3, 0.4) is 0 Å². The Morgan fingerprint density at radius 1 is 1.21 bits per heavy atom. The number of carbonyl (C=O) groups is 2. The molecule has 19 heavy (non-hydrogen) atoms. The van der Waals surface area contributed by atoms with E-state index in [0.717, 1.165) is 11.3 Å². The lowest BCUT2D eigenvalue weighted by Gasteiger charge is -2.03. The molecular formula is C12H8Cl2N2O2S. The highest BCUT2D eigenvalue weighted by Crippen LogP contribution is 2.22. The minimum absolute atomic E-state index is 0.0937. The number of nitrogens with zero attached hydrogens (tertiary/aromatic N) is 1. The Morgan fingerprint density at radius 3 is 2.37 bits per heavy atom. The maximum absolute atomic E-state index is 12.0. The van der Waals surface area contributed by atoms with Crippen molar-refractivity contribution in [1.82, 2.24) is 4.98 Å². The van der Waals surface area contributed by atoms with E-state index in [9.17, 15) is 9.59 Å². The Labute approximate surface area is 123 Å². The maximum Gasteiger partial charge on any atom is 0.257 e. The highest BCUT2D eigenvalue weighted by molar-refractivity contribution is 7.17. The van der Waals surface area contributed by atoms with Crippen LogP contribution in [0.15, 0.2) is 24.4 Å². The molecule has 0 aliphatic carbocycles. The third-order valence-corrected chi connectivity index (χ3v) is 3.65. The van der Waals surface area contributed by atoms with E-state index < -0.39 is 0 Å². The first kappa shape index (κ1) is 14.0. The van der Waals surface area contributed by atoms with Gasteiger partial charge in [0.15, 0.2) is 10.9 Å². The summed E-state index contributed by atoms with van der Waals surface area (Å²) in [6, 6.07) is 4.54. The summed E-state index contributed by atoms with van der Waals surface area (Å²) in [5.41, 5.74) is 0.331. The molecule has 1 aromatic carbocycles. The first-order chi connectivity index (χ1) is 8.95. The zero-order valence-corrected chi connectivity index (χ0v) is 12.1. The Balaban J connectivity index is 2.18. The standard InChI is InChI=1S/C12H8Cl2N2O2S/c1-6(17)10-5-15-12(19-10)16-11(18)7-2-8(13)4-9(14)3-7/h2-5H,1H3,(H,15,16,18). The molecule has 0 atom stereocenters. The average molecular weight is 315 g/mol. The first-order valence-electron chi connectivity index (χ1n) is 5.20. The summed E-state index contributed by atoms with van der Waals surface area (Å²) in [5, 5.41) is 3.69. The van der Waals surface area contributed by atoms with Gasteiger partial charge in [-0.05, 0) is 18.2 Å².